The predicted molar refractivity (Wildman–Crippen MR) is 258 cm³/mol. The molecule has 0 spiro atoms. The molecular formula is C47H39ClF10N7O10PS2. The molecule has 0 unspecified atom stereocenters. The van der Waals surface area contributed by atoms with Crippen molar-refractivity contribution < 1.29 is 89.2 Å². The molecule has 0 aliphatic heterocycles. The van der Waals surface area contributed by atoms with Crippen LogP contribution in [0.3, 0.4) is 0 Å². The van der Waals surface area contributed by atoms with Crippen LogP contribution in [0.1, 0.15) is 82.1 Å². The topological polar surface area (TPSA) is 233 Å². The summed E-state index contributed by atoms with van der Waals surface area (Å²) in [6.45, 7) is -1.97. The second-order valence-corrected chi connectivity index (χ2v) is 24.8. The third-order valence-corrected chi connectivity index (χ3v) is 16.4. The van der Waals surface area contributed by atoms with Gasteiger partial charge in [0.05, 0.1) is 40.5 Å². The second-order valence-electron chi connectivity index (χ2n) is 18.8. The molecular weight excluding hydrogens is 1140 g/mol. The van der Waals surface area contributed by atoms with Crippen LogP contribution >= 0.6 is 19.4 Å². The van der Waals surface area contributed by atoms with E-state index in [1.54, 1.807) is 0 Å². The quantitative estimate of drug-likeness (QED) is 0.0498. The molecule has 3 aromatic carbocycles. The van der Waals surface area contributed by atoms with Crippen molar-refractivity contribution in [1.29, 1.82) is 0 Å². The molecule has 0 saturated heterocycles. The second kappa shape index (κ2) is 20.0. The number of benzene rings is 3. The maximum absolute atomic E-state index is 15.7. The Morgan fingerprint density at radius 3 is 2.19 bits per heavy atom. The van der Waals surface area contributed by atoms with Crippen LogP contribution in [-0.2, 0) is 72.0 Å². The van der Waals surface area contributed by atoms with Crippen molar-refractivity contribution in [2.24, 2.45) is 5.92 Å². The van der Waals surface area contributed by atoms with Crippen molar-refractivity contribution in [3.63, 3.8) is 0 Å². The number of halogens is 11. The number of rotatable bonds is 15. The van der Waals surface area contributed by atoms with Gasteiger partial charge in [0.2, 0.25) is 15.9 Å². The van der Waals surface area contributed by atoms with Crippen LogP contribution in [0.15, 0.2) is 66.7 Å². The zero-order chi connectivity index (χ0) is 57.6. The summed E-state index contributed by atoms with van der Waals surface area (Å²) >= 11 is 6.70. The molecule has 31 heteroatoms. The van der Waals surface area contributed by atoms with Crippen molar-refractivity contribution >= 4 is 67.8 Å². The number of carbonyl (C=O) groups is 2. The number of fused-ring (bicyclic) bond motifs is 4. The van der Waals surface area contributed by atoms with Crippen molar-refractivity contribution in [2.45, 2.75) is 81.4 Å². The zero-order valence-electron chi connectivity index (χ0n) is 40.4. The van der Waals surface area contributed by atoms with Gasteiger partial charge in [-0.3, -0.25) is 23.5 Å². The Balaban J connectivity index is 1.37. The number of sulfonamides is 1. The van der Waals surface area contributed by atoms with E-state index in [1.807, 2.05) is 0 Å². The van der Waals surface area contributed by atoms with Gasteiger partial charge >= 0.3 is 20.2 Å². The minimum absolute atomic E-state index is 0.0414. The lowest BCUT2D eigenvalue weighted by molar-refractivity contribution is -0.143. The molecule has 416 valence electrons. The third-order valence-electron chi connectivity index (χ3n) is 12.7. The van der Waals surface area contributed by atoms with E-state index in [9.17, 15) is 75.9 Å². The molecule has 3 atom stereocenters. The van der Waals surface area contributed by atoms with Crippen LogP contribution in [0.2, 0.25) is 5.02 Å². The molecule has 2 amide bonds. The maximum atomic E-state index is 15.7. The van der Waals surface area contributed by atoms with Gasteiger partial charge < -0.3 is 15.1 Å². The first-order chi connectivity index (χ1) is 35.9. The van der Waals surface area contributed by atoms with Gasteiger partial charge in [-0.1, -0.05) is 41.8 Å². The van der Waals surface area contributed by atoms with Crippen molar-refractivity contribution in [1.82, 2.24) is 29.9 Å². The largest absolute Gasteiger partial charge is 0.469 e. The van der Waals surface area contributed by atoms with E-state index in [-0.39, 0.29) is 42.5 Å². The first-order valence-corrected chi connectivity index (χ1v) is 28.1. The maximum Gasteiger partial charge on any atom is 0.469 e. The Labute approximate surface area is 440 Å². The molecule has 1 saturated carbocycles. The van der Waals surface area contributed by atoms with E-state index in [0.29, 0.717) is 12.3 Å². The number of amides is 2. The first kappa shape index (κ1) is 57.8. The number of sulfone groups is 1. The van der Waals surface area contributed by atoms with Gasteiger partial charge in [-0.2, -0.15) is 49.6 Å². The monoisotopic (exact) mass is 1180 g/mol. The van der Waals surface area contributed by atoms with Gasteiger partial charge in [0.25, 0.3) is 11.8 Å². The van der Waals surface area contributed by atoms with Crippen LogP contribution in [0.4, 0.5) is 49.7 Å². The van der Waals surface area contributed by atoms with E-state index in [4.69, 9.17) is 11.6 Å². The molecule has 3 aromatic heterocycles. The lowest BCUT2D eigenvalue weighted by atomic mass is 9.93. The molecule has 0 bridgehead atoms. The number of pyridine rings is 1. The number of nitrogens with one attached hydrogen (secondary N) is 1. The Morgan fingerprint density at radius 1 is 0.949 bits per heavy atom. The number of hydrogen-bond acceptors (Lipinski definition) is 11. The van der Waals surface area contributed by atoms with E-state index < -0.39 is 174 Å². The fraction of sp³-hybridized carbons (Fsp3) is 0.340. The van der Waals surface area contributed by atoms with Gasteiger partial charge in [-0.05, 0) is 86.1 Å². The van der Waals surface area contributed by atoms with Crippen molar-refractivity contribution in [3.05, 3.63) is 128 Å². The summed E-state index contributed by atoms with van der Waals surface area (Å²) in [6, 6.07) is 9.05. The fourth-order valence-corrected chi connectivity index (χ4v) is 10.5. The summed E-state index contributed by atoms with van der Waals surface area (Å²) in [5.41, 5.74) is -7.26. The van der Waals surface area contributed by atoms with Crippen LogP contribution in [-0.4, -0.2) is 86.4 Å². The van der Waals surface area contributed by atoms with E-state index in [1.165, 1.54) is 26.0 Å². The SMILES string of the molecule is CC(C)(C#Cc1ccc(-c2ccc(Cl)c3c(N(C(=O)c4ccccc4COP(=O)(O)O)S(C)(=O)=O)nn(CC(F)(F)F)c23)c([C@H](Cc2cc(F)cc(F)c2)NC(=O)Cn2nc(C(F)(F)F)c3c2C(F)(F)[C@@H]2C[C@H]32)n1)S(C)(=O)=O. The molecule has 0 radical (unpaired) electrons. The summed E-state index contributed by atoms with van der Waals surface area (Å²) in [6.07, 6.45) is -10.2. The highest BCUT2D eigenvalue weighted by atomic mass is 35.5. The number of phosphoric ester groups is 1. The molecule has 6 aromatic rings. The highest BCUT2D eigenvalue weighted by Gasteiger charge is 2.68. The molecule has 8 rings (SSSR count). The van der Waals surface area contributed by atoms with Crippen LogP contribution in [0.5, 0.6) is 0 Å². The Kier molecular flexibility index (Phi) is 14.8. The molecule has 3 N–H and O–H groups in total. The molecule has 78 heavy (non-hydrogen) atoms. The number of hydrogen-bond donors (Lipinski definition) is 3. The molecule has 2 aliphatic carbocycles. The van der Waals surface area contributed by atoms with Gasteiger partial charge in [0.15, 0.2) is 21.3 Å². The number of anilines is 1. The number of nitrogens with zero attached hydrogens (tertiary/aromatic N) is 6. The molecule has 17 nitrogen and oxygen atoms in total. The number of phosphoric acid groups is 1. The van der Waals surface area contributed by atoms with Crippen LogP contribution in [0, 0.1) is 29.4 Å². The van der Waals surface area contributed by atoms with Crippen LogP contribution in [0.25, 0.3) is 22.0 Å². The fourth-order valence-electron chi connectivity index (χ4n) is 8.92. The van der Waals surface area contributed by atoms with Gasteiger partial charge in [-0.25, -0.2) is 35.2 Å². The Hall–Kier alpha value is -6.41. The minimum Gasteiger partial charge on any atom is -0.346 e. The smallest absolute Gasteiger partial charge is 0.346 e. The number of aromatic nitrogens is 5. The normalized spacial score (nSPS) is 16.8. The predicted octanol–water partition coefficient (Wildman–Crippen LogP) is 8.51. The van der Waals surface area contributed by atoms with Gasteiger partial charge in [0.1, 0.15) is 40.9 Å². The standard InChI is InChI=1S/C47H39ClF10N7O10PS2/c1-44(2,77(3,71)72)14-13-27-9-10-29(38(59-27)34(17-23-15-25(49)18-26(50)16-23)60-35(66)20-63-41-36(40(61-63)47(56,57)58)31-19-32(31)46(41,54)55)30-11-12-33(48)37-39(30)64(22-45(51,52)53)62-42(37)65(78(4,73)74)43(67)28-8-6-5-7-24(28)21-75-76(68,69)70/h5-12,15-16,18,31-32,34H,17,19-22H2,1-4H3,(H,60,66)(H2,68,69,70)/t31-,32+,34-/m0/s1. The highest BCUT2D eigenvalue weighted by Crippen LogP contribution is 2.68. The molecule has 1 fully saturated rings. The zero-order valence-corrected chi connectivity index (χ0v) is 43.7. The third kappa shape index (κ3) is 11.8. The Bertz CT molecular complexity index is 3800. The Morgan fingerprint density at radius 2 is 1.59 bits per heavy atom. The summed E-state index contributed by atoms with van der Waals surface area (Å²) in [4.78, 5) is 52.0. The van der Waals surface area contributed by atoms with Gasteiger partial charge in [-0.15, -0.1) is 0 Å². The summed E-state index contributed by atoms with van der Waals surface area (Å²) < 4.78 is 216. The summed E-state index contributed by atoms with van der Waals surface area (Å²) in [7, 11) is -14.2. The van der Waals surface area contributed by atoms with Crippen LogP contribution < -0.4 is 9.62 Å². The number of carbonyl (C=O) groups excluding carboxylic acids is 2. The first-order valence-electron chi connectivity index (χ1n) is 22.5. The highest BCUT2D eigenvalue weighted by molar-refractivity contribution is 7.93. The average Bonchev–Trinajstić information content (AvgIpc) is 4.02. The lowest BCUT2D eigenvalue weighted by Gasteiger charge is -2.23. The van der Waals surface area contributed by atoms with Gasteiger partial charge in [0, 0.05) is 40.5 Å². The average molecular weight is 1180 g/mol. The van der Waals surface area contributed by atoms with Crippen molar-refractivity contribution in [2.75, 3.05) is 16.8 Å². The lowest BCUT2D eigenvalue weighted by Crippen LogP contribution is -2.37. The molecule has 3 heterocycles. The minimum atomic E-state index is -5.25. The van der Waals surface area contributed by atoms with E-state index in [2.05, 4.69) is 36.9 Å². The van der Waals surface area contributed by atoms with Crippen molar-refractivity contribution in [3.8, 4) is 23.0 Å². The van der Waals surface area contributed by atoms with E-state index in [0.717, 1.165) is 54.8 Å². The number of alkyl halides is 8. The molecule has 2 aliphatic rings. The summed E-state index contributed by atoms with van der Waals surface area (Å²) in [5.74, 6) is -7.91. The van der Waals surface area contributed by atoms with E-state index >= 15 is 8.78 Å². The summed E-state index contributed by atoms with van der Waals surface area (Å²) in [5, 5.41) is 8.48.